The van der Waals surface area contributed by atoms with Crippen LogP contribution in [0.15, 0.2) is 35.1 Å². The molecule has 1 aromatic rings. The molecule has 2 bridgehead atoms. The maximum Gasteiger partial charge on any atom is 0.411 e. The fourth-order valence-electron chi connectivity index (χ4n) is 11.2. The van der Waals surface area contributed by atoms with Crippen LogP contribution in [0.1, 0.15) is 97.0 Å². The normalized spacial score (nSPS) is 34.4. The standard InChI is InChI=1S/C61H84IN3O22S3/c1-14-60(8,9)90-88-23-21-35-44-39(20-18-16-17-19-22-61(35,75)26-38(69)47(44)63-59(74)79-13)84-58-53(85-41-25-40(76-10)36(28-80-41)65(15-2)33(7)67)50(72)46(30(4)82-58)64-87-42-24-37(68)55(32(6)81-42)89-56(73)43-29(3)45(62)52(54(78-12)51(43)77-11)86-57-49(71)34(27-66)48(70)31(5)83-57/h16-17,21,30-32,34,36-37,39-42,46,48-50,53,55,57-58,64,66,68,70-72,75H,14-15,23-28H2,1-13H3,(H,63,74)/b17-16-,35-21?/t30-,31+,32-,34-,36+,37+,39+,40+,41+,42+,46-,48+,49-,50+,53-,55-,57+,58+,61+/m1/s1. The third-order valence-electron chi connectivity index (χ3n) is 16.6. The molecule has 90 heavy (non-hydrogen) atoms. The maximum atomic E-state index is 14.5. The van der Waals surface area contributed by atoms with E-state index in [4.69, 9.17) is 56.9 Å². The predicted octanol–water partition coefficient (Wildman–Crippen LogP) is 3.96. The molecule has 29 heteroatoms. The average Bonchev–Trinajstić information content (AvgIpc) is 0.816. The third kappa shape index (κ3) is 16.8. The van der Waals surface area contributed by atoms with Gasteiger partial charge in [-0.3, -0.25) is 24.5 Å². The van der Waals surface area contributed by atoms with Crippen molar-refractivity contribution in [1.29, 1.82) is 0 Å². The Bertz CT molecular complexity index is 2960. The quantitative estimate of drug-likeness (QED) is 0.0253. The van der Waals surface area contributed by atoms with Gasteiger partial charge in [-0.1, -0.05) is 70.0 Å². The molecule has 0 unspecified atom stereocenters. The number of ketones is 1. The summed E-state index contributed by atoms with van der Waals surface area (Å²) in [6.07, 6.45) is -13.1. The number of allylic oxidation sites excluding steroid dienone is 3. The van der Waals surface area contributed by atoms with Gasteiger partial charge in [0.2, 0.25) is 23.1 Å². The number of hydroxylamine groups is 1. The minimum Gasteiger partial charge on any atom is -0.492 e. The summed E-state index contributed by atoms with van der Waals surface area (Å²) in [6, 6.07) is -1.64. The van der Waals surface area contributed by atoms with Gasteiger partial charge in [-0.05, 0) is 95.2 Å². The lowest BCUT2D eigenvalue weighted by molar-refractivity contribution is -0.337. The van der Waals surface area contributed by atoms with Gasteiger partial charge in [0.25, 0.3) is 0 Å². The zero-order chi connectivity index (χ0) is 66.1. The number of nitrogens with zero attached hydrogens (tertiary/aromatic N) is 1. The Labute approximate surface area is 550 Å². The van der Waals surface area contributed by atoms with Crippen molar-refractivity contribution in [2.45, 2.75) is 202 Å². The van der Waals surface area contributed by atoms with Crippen LogP contribution in [-0.2, 0) is 52.3 Å². The number of carbonyl (C=O) groups is 4. The first-order chi connectivity index (χ1) is 42.7. The zero-order valence-corrected chi connectivity index (χ0v) is 57.2. The van der Waals surface area contributed by atoms with Crippen molar-refractivity contribution in [2.75, 3.05) is 54.0 Å². The second kappa shape index (κ2) is 32.6. The van der Waals surface area contributed by atoms with Crippen molar-refractivity contribution in [1.82, 2.24) is 15.7 Å². The number of amides is 2. The van der Waals surface area contributed by atoms with Crippen LogP contribution in [0, 0.1) is 40.1 Å². The minimum atomic E-state index is -2.10. The molecule has 4 aliphatic heterocycles. The fourth-order valence-corrected chi connectivity index (χ4v) is 15.5. The number of hydrogen-bond acceptors (Lipinski definition) is 26. The van der Waals surface area contributed by atoms with Gasteiger partial charge in [0.05, 0.1) is 110 Å². The molecule has 4 heterocycles. The summed E-state index contributed by atoms with van der Waals surface area (Å²) in [6.45, 7) is 15.9. The summed E-state index contributed by atoms with van der Waals surface area (Å²) in [5, 5.41) is 69.6. The van der Waals surface area contributed by atoms with Gasteiger partial charge in [-0.15, -0.1) is 0 Å². The van der Waals surface area contributed by atoms with E-state index in [0.29, 0.717) is 21.4 Å². The highest BCUT2D eigenvalue weighted by Gasteiger charge is 2.52. The molecule has 1 aromatic carbocycles. The third-order valence-corrected chi connectivity index (χ3v) is 22.5. The Balaban J connectivity index is 1.15. The number of fused-ring (bicyclic) bond motifs is 2. The number of hydrogen-bond donors (Lipinski definition) is 8. The van der Waals surface area contributed by atoms with Gasteiger partial charge in [0.15, 0.2) is 41.8 Å². The van der Waals surface area contributed by atoms with Gasteiger partial charge < -0.3 is 87.6 Å². The summed E-state index contributed by atoms with van der Waals surface area (Å²) in [7, 11) is 8.46. The lowest BCUT2D eigenvalue weighted by Crippen LogP contribution is -2.65. The molecule has 25 nitrogen and oxygen atoms in total. The van der Waals surface area contributed by atoms with E-state index in [-0.39, 0.29) is 69.8 Å². The number of methoxy groups -OCH3 is 4. The number of rotatable bonds is 23. The molecule has 19 atom stereocenters. The van der Waals surface area contributed by atoms with E-state index in [1.54, 1.807) is 49.5 Å². The van der Waals surface area contributed by atoms with Crippen LogP contribution in [0.25, 0.3) is 0 Å². The Kier molecular flexibility index (Phi) is 26.6. The monoisotopic (exact) mass is 1430 g/mol. The number of ether oxygens (including phenoxy) is 11. The van der Waals surface area contributed by atoms with E-state index in [0.717, 1.165) is 25.3 Å². The Hall–Kier alpha value is -3.78. The van der Waals surface area contributed by atoms with Crippen LogP contribution in [0.2, 0.25) is 0 Å². The van der Waals surface area contributed by atoms with Gasteiger partial charge in [0.1, 0.15) is 24.4 Å². The number of thioether (sulfide) groups is 1. The van der Waals surface area contributed by atoms with Crippen LogP contribution in [0.5, 0.6) is 17.2 Å². The molecule has 0 aromatic heterocycles. The number of carbonyl (C=O) groups excluding carboxylic acids is 4. The highest BCUT2D eigenvalue weighted by Crippen LogP contribution is 2.49. The van der Waals surface area contributed by atoms with E-state index in [2.05, 4.69) is 55.2 Å². The predicted molar refractivity (Wildman–Crippen MR) is 340 cm³/mol. The number of halogens is 1. The second-order valence-corrected chi connectivity index (χ2v) is 28.2. The molecular formula is C61H84IN3O22S3. The molecule has 4 saturated heterocycles. The van der Waals surface area contributed by atoms with Crippen LogP contribution in [0.3, 0.4) is 0 Å². The number of alkyl carbamates (subject to hydrolysis) is 1. The largest absolute Gasteiger partial charge is 0.492 e. The Morgan fingerprint density at radius 3 is 2.24 bits per heavy atom. The van der Waals surface area contributed by atoms with Crippen LogP contribution < -0.4 is 25.0 Å². The highest BCUT2D eigenvalue weighted by molar-refractivity contribution is 14.1. The number of Topliss-reactive ketones (excluding diaryl/α,β-unsaturated/α-hetero) is 1. The molecular weight excluding hydrogens is 1350 g/mol. The average molecular weight is 1430 g/mol. The summed E-state index contributed by atoms with van der Waals surface area (Å²) in [5.74, 6) is 10.1. The van der Waals surface area contributed by atoms with E-state index >= 15 is 0 Å². The summed E-state index contributed by atoms with van der Waals surface area (Å²) in [5.41, 5.74) is 1.11. The first-order valence-corrected chi connectivity index (χ1v) is 33.8. The lowest BCUT2D eigenvalue weighted by Gasteiger charge is -2.47. The summed E-state index contributed by atoms with van der Waals surface area (Å²) in [4.78, 5) is 62.3. The molecule has 0 saturated carbocycles. The van der Waals surface area contributed by atoms with E-state index in [1.165, 1.54) is 51.2 Å². The SMILES string of the molecule is CCN(C(C)=O)[C@H]1CO[C@@H](O[C@H]2[C@H](O[C@H]3C#C/C=C\C#C[C@]4(O)CC(=O)C(NC(=O)OC)=C3C4=CCSSC(C)(C)CC)O[C@H](C)[C@@H](NO[C@H]3C[C@H](O)[C@H](SC(=O)c4c(C)c(I)c(O[C@@H]5O[C@@H](C)[C@H](O)[C@@H](CO)[C@H]5O)c(OC)c4OC)[C@@H](C)O3)[C@@H]2O)C[C@@H]1OC. The Morgan fingerprint density at radius 2 is 1.61 bits per heavy atom. The van der Waals surface area contributed by atoms with Crippen LogP contribution in [0.4, 0.5) is 4.79 Å². The highest BCUT2D eigenvalue weighted by atomic mass is 127. The van der Waals surface area contributed by atoms with Crippen molar-refractivity contribution in [3.63, 3.8) is 0 Å². The van der Waals surface area contributed by atoms with E-state index < -0.39 is 145 Å². The Morgan fingerprint density at radius 1 is 0.911 bits per heavy atom. The van der Waals surface area contributed by atoms with Gasteiger partial charge in [-0.2, -0.15) is 5.48 Å². The van der Waals surface area contributed by atoms with E-state index in [1.807, 2.05) is 29.5 Å². The number of benzene rings is 1. The molecule has 6 aliphatic rings. The van der Waals surface area contributed by atoms with E-state index in [9.17, 15) is 49.8 Å². The summed E-state index contributed by atoms with van der Waals surface area (Å²) < 4.78 is 67.3. The first kappa shape index (κ1) is 73.6. The van der Waals surface area contributed by atoms with Crippen molar-refractivity contribution in [2.24, 2.45) is 5.92 Å². The van der Waals surface area contributed by atoms with Crippen molar-refractivity contribution >= 4 is 78.8 Å². The van der Waals surface area contributed by atoms with Crippen LogP contribution in [-0.4, -0.2) is 226 Å². The smallest absolute Gasteiger partial charge is 0.411 e. The van der Waals surface area contributed by atoms with Crippen molar-refractivity contribution < 1.29 is 107 Å². The van der Waals surface area contributed by atoms with Crippen molar-refractivity contribution in [3.05, 3.63) is 49.8 Å². The maximum absolute atomic E-state index is 14.5. The topological polar surface area (TPSA) is 328 Å². The number of nitrogens with one attached hydrogen (secondary N) is 2. The minimum absolute atomic E-state index is 0.00269. The summed E-state index contributed by atoms with van der Waals surface area (Å²) >= 11 is 2.78. The lowest BCUT2D eigenvalue weighted by atomic mass is 9.75. The molecule has 500 valence electrons. The number of likely N-dealkylation sites (N-methyl/N-ethyl adjacent to an activating group) is 1. The zero-order valence-electron chi connectivity index (χ0n) is 52.5. The van der Waals surface area contributed by atoms with Gasteiger partial charge in [0, 0.05) is 61.0 Å². The number of aliphatic hydroxyl groups is 6. The van der Waals surface area contributed by atoms with Gasteiger partial charge >= 0.3 is 6.09 Å². The molecule has 8 N–H and O–H groups in total. The molecule has 2 aliphatic carbocycles. The first-order valence-electron chi connectivity index (χ1n) is 29.5. The molecule has 0 radical (unpaired) electrons. The second-order valence-electron chi connectivity index (χ2n) is 22.9. The molecule has 2 amide bonds. The van der Waals surface area contributed by atoms with Crippen LogP contribution >= 0.6 is 55.9 Å². The molecule has 7 rings (SSSR count). The molecule has 4 fully saturated rings. The van der Waals surface area contributed by atoms with Crippen molar-refractivity contribution in [3.8, 4) is 40.9 Å². The number of aliphatic hydroxyl groups excluding tert-OH is 5. The molecule has 0 spiro atoms. The fraction of sp³-hybridized carbons (Fsp3) is 0.672. The van der Waals surface area contributed by atoms with Gasteiger partial charge in [-0.25, -0.2) is 4.79 Å².